The van der Waals surface area contributed by atoms with E-state index in [9.17, 15) is 0 Å². The molecule has 0 spiro atoms. The van der Waals surface area contributed by atoms with Gasteiger partial charge in [0.05, 0.1) is 12.8 Å². The second kappa shape index (κ2) is 6.32. The summed E-state index contributed by atoms with van der Waals surface area (Å²) >= 11 is 1.56. The van der Waals surface area contributed by atoms with Crippen LogP contribution in [-0.4, -0.2) is 29.9 Å². The monoisotopic (exact) mass is 302 g/mol. The first-order chi connectivity index (χ1) is 10.3. The number of nitrogens with one attached hydrogen (secondary N) is 2. The number of fused-ring (bicyclic) bond motifs is 1. The SMILES string of the molecule is COc1ccc(Nc2nc(SC)nc3c2CCNC3)cc1. The van der Waals surface area contributed by atoms with Gasteiger partial charge in [-0.3, -0.25) is 0 Å². The third-order valence-electron chi connectivity index (χ3n) is 3.45. The molecule has 0 saturated heterocycles. The van der Waals surface area contributed by atoms with Gasteiger partial charge in [-0.15, -0.1) is 0 Å². The summed E-state index contributed by atoms with van der Waals surface area (Å²) in [7, 11) is 1.67. The normalized spacial score (nSPS) is 13.6. The number of anilines is 2. The Hall–Kier alpha value is -1.79. The third-order valence-corrected chi connectivity index (χ3v) is 4.00. The zero-order chi connectivity index (χ0) is 14.7. The molecule has 0 atom stereocenters. The van der Waals surface area contributed by atoms with Crippen LogP contribution in [0.4, 0.5) is 11.5 Å². The van der Waals surface area contributed by atoms with Gasteiger partial charge in [-0.25, -0.2) is 9.97 Å². The van der Waals surface area contributed by atoms with Crippen molar-refractivity contribution in [3.8, 4) is 5.75 Å². The Bertz CT molecular complexity index is 630. The molecule has 2 aromatic rings. The largest absolute Gasteiger partial charge is 0.497 e. The Morgan fingerprint density at radius 1 is 1.24 bits per heavy atom. The van der Waals surface area contributed by atoms with Gasteiger partial charge in [0, 0.05) is 17.8 Å². The fourth-order valence-electron chi connectivity index (χ4n) is 2.34. The molecule has 0 aliphatic carbocycles. The number of benzene rings is 1. The molecular formula is C15H18N4OS. The molecular weight excluding hydrogens is 284 g/mol. The van der Waals surface area contributed by atoms with Gasteiger partial charge in [-0.05, 0) is 43.5 Å². The van der Waals surface area contributed by atoms with E-state index in [4.69, 9.17) is 4.74 Å². The van der Waals surface area contributed by atoms with E-state index in [2.05, 4.69) is 20.6 Å². The summed E-state index contributed by atoms with van der Waals surface area (Å²) in [6, 6.07) is 7.86. The molecule has 2 heterocycles. The predicted octanol–water partition coefficient (Wildman–Crippen LogP) is 2.60. The van der Waals surface area contributed by atoms with Gasteiger partial charge in [-0.1, -0.05) is 11.8 Å². The summed E-state index contributed by atoms with van der Waals surface area (Å²) in [4.78, 5) is 9.21. The molecule has 0 unspecified atom stereocenters. The van der Waals surface area contributed by atoms with Crippen molar-refractivity contribution in [1.82, 2.24) is 15.3 Å². The van der Waals surface area contributed by atoms with E-state index in [0.717, 1.165) is 47.6 Å². The van der Waals surface area contributed by atoms with E-state index in [1.165, 1.54) is 5.56 Å². The highest BCUT2D eigenvalue weighted by Gasteiger charge is 2.17. The van der Waals surface area contributed by atoms with Crippen LogP contribution >= 0.6 is 11.8 Å². The highest BCUT2D eigenvalue weighted by atomic mass is 32.2. The summed E-state index contributed by atoms with van der Waals surface area (Å²) in [6.07, 6.45) is 2.94. The van der Waals surface area contributed by atoms with Crippen LogP contribution in [0.15, 0.2) is 29.4 Å². The average molecular weight is 302 g/mol. The van der Waals surface area contributed by atoms with Gasteiger partial charge in [0.2, 0.25) is 0 Å². The highest BCUT2D eigenvalue weighted by Crippen LogP contribution is 2.26. The van der Waals surface area contributed by atoms with Crippen molar-refractivity contribution in [2.24, 2.45) is 0 Å². The van der Waals surface area contributed by atoms with Crippen molar-refractivity contribution >= 4 is 23.3 Å². The number of thioether (sulfide) groups is 1. The molecule has 0 amide bonds. The van der Waals surface area contributed by atoms with E-state index < -0.39 is 0 Å². The van der Waals surface area contributed by atoms with E-state index in [1.54, 1.807) is 18.9 Å². The quantitative estimate of drug-likeness (QED) is 0.669. The van der Waals surface area contributed by atoms with Crippen LogP contribution in [0.3, 0.4) is 0 Å². The smallest absolute Gasteiger partial charge is 0.189 e. The van der Waals surface area contributed by atoms with Crippen LogP contribution in [0, 0.1) is 0 Å². The lowest BCUT2D eigenvalue weighted by Crippen LogP contribution is -2.26. The maximum Gasteiger partial charge on any atom is 0.189 e. The summed E-state index contributed by atoms with van der Waals surface area (Å²) < 4.78 is 5.18. The number of nitrogens with zero attached hydrogens (tertiary/aromatic N) is 2. The minimum Gasteiger partial charge on any atom is -0.497 e. The number of aromatic nitrogens is 2. The number of hydrogen-bond acceptors (Lipinski definition) is 6. The van der Waals surface area contributed by atoms with Crippen LogP contribution in [0.1, 0.15) is 11.3 Å². The molecule has 1 aliphatic rings. The molecule has 3 rings (SSSR count). The van der Waals surface area contributed by atoms with Crippen LogP contribution in [0.25, 0.3) is 0 Å². The Labute approximate surface area is 128 Å². The Morgan fingerprint density at radius 3 is 2.76 bits per heavy atom. The standard InChI is InChI=1S/C15H18N4OS/c1-20-11-5-3-10(4-6-11)17-14-12-7-8-16-9-13(12)18-15(19-14)21-2/h3-6,16H,7-9H2,1-2H3,(H,17,18,19). The van der Waals surface area contributed by atoms with Crippen molar-refractivity contribution < 1.29 is 4.74 Å². The third kappa shape index (κ3) is 3.11. The van der Waals surface area contributed by atoms with E-state index in [-0.39, 0.29) is 0 Å². The maximum atomic E-state index is 5.18. The minimum atomic E-state index is 0.800. The summed E-state index contributed by atoms with van der Waals surface area (Å²) in [5.41, 5.74) is 3.31. The molecule has 0 saturated carbocycles. The summed E-state index contributed by atoms with van der Waals surface area (Å²) in [5, 5.41) is 7.56. The Kier molecular flexibility index (Phi) is 4.26. The topological polar surface area (TPSA) is 59.1 Å². The molecule has 110 valence electrons. The lowest BCUT2D eigenvalue weighted by Gasteiger charge is -2.20. The lowest BCUT2D eigenvalue weighted by molar-refractivity contribution is 0.415. The van der Waals surface area contributed by atoms with Crippen LogP contribution in [-0.2, 0) is 13.0 Å². The van der Waals surface area contributed by atoms with Gasteiger partial charge < -0.3 is 15.4 Å². The van der Waals surface area contributed by atoms with Crippen LogP contribution in [0.5, 0.6) is 5.75 Å². The van der Waals surface area contributed by atoms with Crippen molar-refractivity contribution in [2.75, 3.05) is 25.2 Å². The number of rotatable bonds is 4. The molecule has 6 heteroatoms. The molecule has 2 N–H and O–H groups in total. The minimum absolute atomic E-state index is 0.800. The van der Waals surface area contributed by atoms with Crippen molar-refractivity contribution in [2.45, 2.75) is 18.1 Å². The first-order valence-electron chi connectivity index (χ1n) is 6.85. The molecule has 0 bridgehead atoms. The maximum absolute atomic E-state index is 5.18. The van der Waals surface area contributed by atoms with Gasteiger partial charge >= 0.3 is 0 Å². The van der Waals surface area contributed by atoms with E-state index in [0.29, 0.717) is 0 Å². The highest BCUT2D eigenvalue weighted by molar-refractivity contribution is 7.98. The fraction of sp³-hybridized carbons (Fsp3) is 0.333. The molecule has 0 fully saturated rings. The molecule has 1 aromatic carbocycles. The van der Waals surface area contributed by atoms with Gasteiger partial charge in [0.25, 0.3) is 0 Å². The molecule has 5 nitrogen and oxygen atoms in total. The van der Waals surface area contributed by atoms with Gasteiger partial charge in [0.1, 0.15) is 11.6 Å². The molecule has 0 radical (unpaired) electrons. The second-order valence-corrected chi connectivity index (χ2v) is 5.54. The van der Waals surface area contributed by atoms with E-state index in [1.807, 2.05) is 30.5 Å². The van der Waals surface area contributed by atoms with Gasteiger partial charge in [0.15, 0.2) is 5.16 Å². The molecule has 21 heavy (non-hydrogen) atoms. The Morgan fingerprint density at radius 2 is 2.05 bits per heavy atom. The zero-order valence-corrected chi connectivity index (χ0v) is 13.0. The number of ether oxygens (including phenoxy) is 1. The van der Waals surface area contributed by atoms with E-state index >= 15 is 0 Å². The average Bonchev–Trinajstić information content (AvgIpc) is 2.55. The molecule has 1 aliphatic heterocycles. The van der Waals surface area contributed by atoms with Crippen molar-refractivity contribution in [3.63, 3.8) is 0 Å². The van der Waals surface area contributed by atoms with Crippen molar-refractivity contribution in [3.05, 3.63) is 35.5 Å². The van der Waals surface area contributed by atoms with Crippen molar-refractivity contribution in [1.29, 1.82) is 0 Å². The first kappa shape index (κ1) is 14.2. The molecule has 1 aromatic heterocycles. The number of hydrogen-bond donors (Lipinski definition) is 2. The van der Waals surface area contributed by atoms with Crippen LogP contribution in [0.2, 0.25) is 0 Å². The zero-order valence-electron chi connectivity index (χ0n) is 12.1. The first-order valence-corrected chi connectivity index (χ1v) is 8.08. The Balaban J connectivity index is 1.92. The number of methoxy groups -OCH3 is 1. The van der Waals surface area contributed by atoms with Gasteiger partial charge in [-0.2, -0.15) is 0 Å². The summed E-state index contributed by atoms with van der Waals surface area (Å²) in [6.45, 7) is 1.77. The second-order valence-electron chi connectivity index (χ2n) is 4.76. The van der Waals surface area contributed by atoms with Crippen LogP contribution < -0.4 is 15.4 Å². The summed E-state index contributed by atoms with van der Waals surface area (Å²) in [5.74, 6) is 1.76. The fourth-order valence-corrected chi connectivity index (χ4v) is 2.73. The lowest BCUT2D eigenvalue weighted by atomic mass is 10.1. The predicted molar refractivity (Wildman–Crippen MR) is 85.5 cm³/mol.